The summed E-state index contributed by atoms with van der Waals surface area (Å²) >= 11 is 0. The predicted molar refractivity (Wildman–Crippen MR) is 41.1 cm³/mol. The second kappa shape index (κ2) is 3.67. The van der Waals surface area contributed by atoms with Crippen molar-refractivity contribution in [2.75, 3.05) is 19.9 Å². The van der Waals surface area contributed by atoms with E-state index in [1.54, 1.807) is 6.92 Å². The van der Waals surface area contributed by atoms with Crippen molar-refractivity contribution in [3.05, 3.63) is 0 Å². The number of rotatable bonds is 3. The first-order chi connectivity index (χ1) is 4.89. The summed E-state index contributed by atoms with van der Waals surface area (Å²) in [5, 5.41) is 0. The van der Waals surface area contributed by atoms with Crippen molar-refractivity contribution >= 4 is 18.6 Å². The van der Waals surface area contributed by atoms with Gasteiger partial charge in [0.1, 0.15) is 0 Å². The number of hydrogen-bond donors (Lipinski definition) is 0. The van der Waals surface area contributed by atoms with Gasteiger partial charge in [-0.25, -0.2) is 4.79 Å². The molecule has 0 aliphatic heterocycles. The van der Waals surface area contributed by atoms with E-state index in [0.29, 0.717) is 0 Å². The van der Waals surface area contributed by atoms with Crippen LogP contribution in [0, 0.1) is 0 Å². The average Bonchev–Trinajstić information content (AvgIpc) is 1.85. The molecule has 0 saturated carbocycles. The highest BCUT2D eigenvalue weighted by molar-refractivity contribution is 7.81. The smallest absolute Gasteiger partial charge is 0.382 e. The van der Waals surface area contributed by atoms with Gasteiger partial charge in [0, 0.05) is 0 Å². The van der Waals surface area contributed by atoms with Crippen molar-refractivity contribution in [3.8, 4) is 0 Å². The summed E-state index contributed by atoms with van der Waals surface area (Å²) in [6.07, 6.45) is 0. The van der Waals surface area contributed by atoms with Crippen LogP contribution in [0.1, 0.15) is 6.92 Å². The van der Waals surface area contributed by atoms with Crippen LogP contribution in [-0.4, -0.2) is 31.4 Å². The number of hydrogen-bond acceptors (Lipinski definition) is 4. The van der Waals surface area contributed by atoms with E-state index in [1.165, 1.54) is 13.3 Å². The molecule has 0 aromatic carbocycles. The van der Waals surface area contributed by atoms with Gasteiger partial charge in [0.05, 0.1) is 6.61 Å². The molecule has 0 radical (unpaired) electrons. The summed E-state index contributed by atoms with van der Waals surface area (Å²) in [6.45, 7) is 4.20. The molecule has 0 atom stereocenters. The topological polar surface area (TPSA) is 60.4 Å². The molecule has 0 unspecified atom stereocenters. The molecular formula is C6H11O4P. The lowest BCUT2D eigenvalue weighted by Gasteiger charge is -2.03. The van der Waals surface area contributed by atoms with Crippen LogP contribution in [0.4, 0.5) is 0 Å². The Hall–Kier alpha value is -0.630. The van der Waals surface area contributed by atoms with Crippen molar-refractivity contribution < 1.29 is 18.9 Å². The lowest BCUT2D eigenvalue weighted by atomic mass is 10.7. The Morgan fingerprint density at radius 3 is 2.09 bits per heavy atom. The highest BCUT2D eigenvalue weighted by Gasteiger charge is 2.27. The molecule has 0 amide bonds. The Bertz CT molecular complexity index is 215. The molecule has 0 aliphatic rings. The SMILES string of the molecule is CCOC(=O)C(=O)P(C)(C)=O. The van der Waals surface area contributed by atoms with Crippen LogP contribution in [0.15, 0.2) is 0 Å². The van der Waals surface area contributed by atoms with Crippen LogP contribution < -0.4 is 0 Å². The van der Waals surface area contributed by atoms with Crippen molar-refractivity contribution in [3.63, 3.8) is 0 Å². The van der Waals surface area contributed by atoms with E-state index in [9.17, 15) is 14.2 Å². The maximum absolute atomic E-state index is 11.0. The van der Waals surface area contributed by atoms with Gasteiger partial charge in [0.15, 0.2) is 7.14 Å². The molecule has 0 N–H and O–H groups in total. The third-order valence-corrected chi connectivity index (χ3v) is 2.10. The minimum atomic E-state index is -2.96. The average molecular weight is 178 g/mol. The van der Waals surface area contributed by atoms with Crippen LogP contribution >= 0.6 is 7.14 Å². The molecule has 0 spiro atoms. The summed E-state index contributed by atoms with van der Waals surface area (Å²) in [4.78, 5) is 21.5. The van der Waals surface area contributed by atoms with Gasteiger partial charge in [-0.3, -0.25) is 4.79 Å². The molecule has 5 heteroatoms. The predicted octanol–water partition coefficient (Wildman–Crippen LogP) is 0.699. The van der Waals surface area contributed by atoms with Crippen molar-refractivity contribution in [2.45, 2.75) is 6.92 Å². The highest BCUT2D eigenvalue weighted by atomic mass is 31.2. The standard InChI is InChI=1S/C6H11O4P/c1-4-10-5(7)6(8)11(2,3)9/h4H2,1-3H3. The highest BCUT2D eigenvalue weighted by Crippen LogP contribution is 2.37. The van der Waals surface area contributed by atoms with E-state index < -0.39 is 18.6 Å². The number of ether oxygens (including phenoxy) is 1. The van der Waals surface area contributed by atoms with Gasteiger partial charge in [-0.1, -0.05) is 0 Å². The van der Waals surface area contributed by atoms with Gasteiger partial charge >= 0.3 is 5.97 Å². The van der Waals surface area contributed by atoms with Crippen LogP contribution in [0.2, 0.25) is 0 Å². The van der Waals surface area contributed by atoms with Crippen LogP contribution in [0.25, 0.3) is 0 Å². The fourth-order valence-electron chi connectivity index (χ4n) is 0.413. The normalized spacial score (nSPS) is 10.8. The van der Waals surface area contributed by atoms with Crippen molar-refractivity contribution in [1.82, 2.24) is 0 Å². The Morgan fingerprint density at radius 1 is 1.36 bits per heavy atom. The first kappa shape index (κ1) is 10.4. The Morgan fingerprint density at radius 2 is 1.82 bits per heavy atom. The first-order valence-electron chi connectivity index (χ1n) is 3.16. The summed E-state index contributed by atoms with van der Waals surface area (Å²) in [5.41, 5.74) is -0.917. The molecule has 4 nitrogen and oxygen atoms in total. The molecule has 0 bridgehead atoms. The van der Waals surface area contributed by atoms with Gasteiger partial charge in [-0.2, -0.15) is 0 Å². The zero-order valence-corrected chi connectivity index (χ0v) is 7.68. The van der Waals surface area contributed by atoms with Gasteiger partial charge < -0.3 is 9.30 Å². The Labute approximate surface area is 65.3 Å². The maximum Gasteiger partial charge on any atom is 0.382 e. The molecule has 64 valence electrons. The third kappa shape index (κ3) is 3.33. The molecular weight excluding hydrogens is 167 g/mol. The molecule has 0 heterocycles. The molecule has 0 saturated heterocycles. The summed E-state index contributed by atoms with van der Waals surface area (Å²) in [6, 6.07) is 0. The zero-order chi connectivity index (χ0) is 9.07. The van der Waals surface area contributed by atoms with Gasteiger partial charge in [-0.05, 0) is 20.3 Å². The molecule has 0 aromatic heterocycles. The van der Waals surface area contributed by atoms with Crippen LogP contribution in [0.3, 0.4) is 0 Å². The largest absolute Gasteiger partial charge is 0.460 e. The summed E-state index contributed by atoms with van der Waals surface area (Å²) in [7, 11) is -2.96. The Kier molecular flexibility index (Phi) is 3.46. The number of carbonyl (C=O) groups is 2. The van der Waals surface area contributed by atoms with E-state index in [0.717, 1.165) is 0 Å². The zero-order valence-electron chi connectivity index (χ0n) is 6.79. The molecule has 0 rings (SSSR count). The summed E-state index contributed by atoms with van der Waals surface area (Å²) in [5.74, 6) is -0.999. The third-order valence-electron chi connectivity index (χ3n) is 0.939. The monoisotopic (exact) mass is 178 g/mol. The fourth-order valence-corrected chi connectivity index (χ4v) is 0.917. The minimum absolute atomic E-state index is 0.130. The van der Waals surface area contributed by atoms with Crippen molar-refractivity contribution in [2.24, 2.45) is 0 Å². The van der Waals surface area contributed by atoms with E-state index in [1.807, 2.05) is 0 Å². The first-order valence-corrected chi connectivity index (χ1v) is 5.76. The van der Waals surface area contributed by atoms with E-state index >= 15 is 0 Å². The summed E-state index contributed by atoms with van der Waals surface area (Å²) < 4.78 is 15.3. The molecule has 0 fully saturated rings. The van der Waals surface area contributed by atoms with E-state index in [2.05, 4.69) is 4.74 Å². The van der Waals surface area contributed by atoms with Crippen LogP contribution in [-0.2, 0) is 18.9 Å². The second-order valence-electron chi connectivity index (χ2n) is 2.38. The molecule has 11 heavy (non-hydrogen) atoms. The van der Waals surface area contributed by atoms with Gasteiger partial charge in [0.25, 0.3) is 5.52 Å². The van der Waals surface area contributed by atoms with Crippen molar-refractivity contribution in [1.29, 1.82) is 0 Å². The fraction of sp³-hybridized carbons (Fsp3) is 0.667. The maximum atomic E-state index is 11.0. The van der Waals surface area contributed by atoms with E-state index in [-0.39, 0.29) is 6.61 Å². The van der Waals surface area contributed by atoms with Gasteiger partial charge in [-0.15, -0.1) is 0 Å². The quantitative estimate of drug-likeness (QED) is 0.362. The van der Waals surface area contributed by atoms with E-state index in [4.69, 9.17) is 0 Å². The van der Waals surface area contributed by atoms with Gasteiger partial charge in [0.2, 0.25) is 0 Å². The minimum Gasteiger partial charge on any atom is -0.460 e. The van der Waals surface area contributed by atoms with Crippen LogP contribution in [0.5, 0.6) is 0 Å². The lowest BCUT2D eigenvalue weighted by Crippen LogP contribution is -2.16. The number of esters is 1. The second-order valence-corrected chi connectivity index (χ2v) is 5.48. The molecule has 0 aliphatic carbocycles. The Balaban J connectivity index is 4.28. The number of carbonyl (C=O) groups excluding carboxylic acids is 2. The molecule has 0 aromatic rings. The lowest BCUT2D eigenvalue weighted by molar-refractivity contribution is -0.150.